The lowest BCUT2D eigenvalue weighted by Crippen LogP contribution is -2.48. The number of ether oxygens (including phenoxy) is 1. The van der Waals surface area contributed by atoms with Crippen LogP contribution in [0.3, 0.4) is 0 Å². The van der Waals surface area contributed by atoms with Crippen molar-refractivity contribution in [3.8, 4) is 5.75 Å². The quantitative estimate of drug-likeness (QED) is 0.244. The van der Waals surface area contributed by atoms with E-state index in [4.69, 9.17) is 4.74 Å². The van der Waals surface area contributed by atoms with E-state index in [0.717, 1.165) is 44.3 Å². The van der Waals surface area contributed by atoms with E-state index < -0.39 is 48.2 Å². The predicted molar refractivity (Wildman–Crippen MR) is 130 cm³/mol. The van der Waals surface area contributed by atoms with Crippen LogP contribution in [0.5, 0.6) is 5.75 Å². The average molecular weight is 491 g/mol. The van der Waals surface area contributed by atoms with Crippen molar-refractivity contribution in [1.82, 2.24) is 10.2 Å². The molecule has 0 saturated carbocycles. The summed E-state index contributed by atoms with van der Waals surface area (Å²) >= 11 is 0. The van der Waals surface area contributed by atoms with Crippen LogP contribution in [0.15, 0.2) is 24.3 Å². The number of carbonyl (C=O) groups is 4. The van der Waals surface area contributed by atoms with Crippen molar-refractivity contribution in [2.75, 3.05) is 20.1 Å². The zero-order chi connectivity index (χ0) is 26.2. The van der Waals surface area contributed by atoms with Crippen molar-refractivity contribution >= 4 is 24.1 Å². The van der Waals surface area contributed by atoms with Gasteiger partial charge in [-0.1, -0.05) is 39.3 Å². The number of aliphatic carboxylic acids is 1. The minimum absolute atomic E-state index is 0.0631. The normalized spacial score (nSPS) is 21.4. The van der Waals surface area contributed by atoms with Gasteiger partial charge in [-0.25, -0.2) is 4.79 Å². The molecule has 9 heteroatoms. The molecule has 0 aromatic heterocycles. The lowest BCUT2D eigenvalue weighted by Gasteiger charge is -2.35. The van der Waals surface area contributed by atoms with Crippen molar-refractivity contribution in [3.63, 3.8) is 0 Å². The number of likely N-dealkylation sites (tertiary alicyclic amines) is 1. The Labute approximate surface area is 206 Å². The minimum Gasteiger partial charge on any atom is -0.480 e. The highest BCUT2D eigenvalue weighted by Gasteiger charge is 2.36. The van der Waals surface area contributed by atoms with Crippen LogP contribution in [-0.2, 0) is 24.6 Å². The molecule has 3 N–H and O–H groups in total. The Morgan fingerprint density at radius 1 is 1.26 bits per heavy atom. The lowest BCUT2D eigenvalue weighted by molar-refractivity contribution is -0.148. The zero-order valence-corrected chi connectivity index (χ0v) is 21.1. The number of aldehydes is 1. The molecule has 2 rings (SSSR count). The molecular formula is C26H38N2O7. The number of nitrogens with one attached hydrogen (secondary N) is 1. The van der Waals surface area contributed by atoms with Crippen LogP contribution in [0.4, 0.5) is 0 Å². The third kappa shape index (κ3) is 7.86. The maximum Gasteiger partial charge on any atom is 0.326 e. The van der Waals surface area contributed by atoms with E-state index in [1.54, 1.807) is 19.9 Å². The Hall–Kier alpha value is -2.78. The highest BCUT2D eigenvalue weighted by Crippen LogP contribution is 2.37. The van der Waals surface area contributed by atoms with Crippen LogP contribution >= 0.6 is 0 Å². The number of hydrogen-bond donors (Lipinski definition) is 3. The van der Waals surface area contributed by atoms with Crippen molar-refractivity contribution in [2.24, 2.45) is 5.92 Å². The van der Waals surface area contributed by atoms with Gasteiger partial charge in [0.05, 0.1) is 12.8 Å². The molecule has 0 bridgehead atoms. The van der Waals surface area contributed by atoms with Crippen molar-refractivity contribution in [3.05, 3.63) is 29.8 Å². The zero-order valence-electron chi connectivity index (χ0n) is 21.1. The Bertz CT molecular complexity index is 919. The summed E-state index contributed by atoms with van der Waals surface area (Å²) in [6, 6.07) is 6.13. The number of nitrogens with zero attached hydrogens (tertiary/aromatic N) is 1. The number of esters is 1. The molecule has 1 aromatic carbocycles. The third-order valence-electron chi connectivity index (χ3n) is 6.76. The highest BCUT2D eigenvalue weighted by atomic mass is 16.5. The van der Waals surface area contributed by atoms with Gasteiger partial charge in [0.2, 0.25) is 5.91 Å². The first-order valence-electron chi connectivity index (χ1n) is 12.1. The molecule has 3 atom stereocenters. The molecule has 1 fully saturated rings. The fraction of sp³-hybridized carbons (Fsp3) is 0.615. The second kappa shape index (κ2) is 12.3. The van der Waals surface area contributed by atoms with Gasteiger partial charge < -0.3 is 30.0 Å². The Kier molecular flexibility index (Phi) is 9.97. The van der Waals surface area contributed by atoms with E-state index >= 15 is 0 Å². The number of aliphatic hydroxyl groups is 1. The van der Waals surface area contributed by atoms with Crippen LogP contribution in [0.1, 0.15) is 64.9 Å². The minimum atomic E-state index is -2.31. The maximum atomic E-state index is 12.6. The standard InChI is InChI=1S/C26H38N2O7/c1-5-25(11-6-7-12-28(4)16-25)19-9-8-10-20(13-19)35-22(31)15-26(34,17-29)14-21(30)27-23(18(2)3)24(32)33/h8-10,13,17-18,23,34H,5-7,11-12,14-16H2,1-4H3,(H,27,30)(H,32,33)/t23-,25?,26-/m0/s1. The van der Waals surface area contributed by atoms with E-state index in [0.29, 0.717) is 5.75 Å². The molecule has 1 aliphatic rings. The predicted octanol–water partition coefficient (Wildman–Crippen LogP) is 2.29. The number of carboxylic acid groups (broad SMARTS) is 1. The number of carbonyl (C=O) groups excluding carboxylic acids is 3. The van der Waals surface area contributed by atoms with Gasteiger partial charge in [-0.2, -0.15) is 0 Å². The lowest BCUT2D eigenvalue weighted by atomic mass is 9.74. The molecule has 1 saturated heterocycles. The molecule has 35 heavy (non-hydrogen) atoms. The number of benzene rings is 1. The van der Waals surface area contributed by atoms with Gasteiger partial charge >= 0.3 is 11.9 Å². The topological polar surface area (TPSA) is 133 Å². The maximum absolute atomic E-state index is 12.6. The molecule has 1 heterocycles. The van der Waals surface area contributed by atoms with Crippen molar-refractivity contribution in [1.29, 1.82) is 0 Å². The van der Waals surface area contributed by atoms with E-state index in [1.165, 1.54) is 0 Å². The fourth-order valence-corrected chi connectivity index (χ4v) is 4.72. The van der Waals surface area contributed by atoms with E-state index in [9.17, 15) is 29.4 Å². The first-order valence-corrected chi connectivity index (χ1v) is 12.1. The van der Waals surface area contributed by atoms with Gasteiger partial charge in [-0.05, 0) is 56.5 Å². The van der Waals surface area contributed by atoms with Gasteiger partial charge in [0.25, 0.3) is 0 Å². The summed E-state index contributed by atoms with van der Waals surface area (Å²) in [5.41, 5.74) is -1.31. The molecule has 9 nitrogen and oxygen atoms in total. The van der Waals surface area contributed by atoms with Crippen LogP contribution in [0.25, 0.3) is 0 Å². The van der Waals surface area contributed by atoms with Crippen LogP contribution < -0.4 is 10.1 Å². The number of carboxylic acids is 1. The molecule has 0 radical (unpaired) electrons. The smallest absolute Gasteiger partial charge is 0.326 e. The molecule has 0 aliphatic carbocycles. The SMILES string of the molecule is CCC1(c2cccc(OC(=O)C[C@](O)(C=O)CC(=O)N[C@H](C(=O)O)C(C)C)c2)CCCCN(C)C1. The Morgan fingerprint density at radius 2 is 1.97 bits per heavy atom. The number of rotatable bonds is 11. The van der Waals surface area contributed by atoms with Crippen molar-refractivity contribution < 1.29 is 34.1 Å². The Balaban J connectivity index is 2.09. The van der Waals surface area contributed by atoms with Gasteiger partial charge in [-0.15, -0.1) is 0 Å². The van der Waals surface area contributed by atoms with Gasteiger partial charge in [0.15, 0.2) is 6.29 Å². The van der Waals surface area contributed by atoms with Crippen molar-refractivity contribution in [2.45, 2.75) is 76.4 Å². The number of hydrogen-bond acceptors (Lipinski definition) is 7. The highest BCUT2D eigenvalue weighted by molar-refractivity contribution is 5.88. The second-order valence-electron chi connectivity index (χ2n) is 10.0. The second-order valence-corrected chi connectivity index (χ2v) is 10.0. The molecule has 194 valence electrons. The van der Waals surface area contributed by atoms with E-state index in [2.05, 4.69) is 24.2 Å². The number of amides is 1. The summed E-state index contributed by atoms with van der Waals surface area (Å²) in [5.74, 6) is -3.05. The molecule has 1 amide bonds. The Morgan fingerprint density at radius 3 is 2.57 bits per heavy atom. The first kappa shape index (κ1) is 28.5. The van der Waals surface area contributed by atoms with Gasteiger partial charge in [0, 0.05) is 12.0 Å². The van der Waals surface area contributed by atoms with E-state index in [-0.39, 0.29) is 11.7 Å². The van der Waals surface area contributed by atoms with Crippen LogP contribution in [-0.4, -0.2) is 71.0 Å². The number of likely N-dealkylation sites (N-methyl/N-ethyl adjacent to an activating group) is 1. The van der Waals surface area contributed by atoms with Gasteiger partial charge in [0.1, 0.15) is 17.4 Å². The average Bonchev–Trinajstić information content (AvgIpc) is 2.99. The van der Waals surface area contributed by atoms with Crippen LogP contribution in [0.2, 0.25) is 0 Å². The molecule has 1 unspecified atom stereocenters. The molecule has 0 spiro atoms. The van der Waals surface area contributed by atoms with E-state index in [1.807, 2.05) is 18.2 Å². The molecular weight excluding hydrogens is 452 g/mol. The summed E-state index contributed by atoms with van der Waals surface area (Å²) in [7, 11) is 2.11. The summed E-state index contributed by atoms with van der Waals surface area (Å²) in [6.07, 6.45) is 2.82. The summed E-state index contributed by atoms with van der Waals surface area (Å²) in [4.78, 5) is 50.0. The largest absolute Gasteiger partial charge is 0.480 e. The molecule has 1 aliphatic heterocycles. The monoisotopic (exact) mass is 490 g/mol. The van der Waals surface area contributed by atoms with Gasteiger partial charge in [-0.3, -0.25) is 9.59 Å². The summed E-state index contributed by atoms with van der Waals surface area (Å²) < 4.78 is 5.43. The van der Waals surface area contributed by atoms with Crippen LogP contribution in [0, 0.1) is 5.92 Å². The summed E-state index contributed by atoms with van der Waals surface area (Å²) in [5, 5.41) is 22.0. The fourth-order valence-electron chi connectivity index (χ4n) is 4.72. The third-order valence-corrected chi connectivity index (χ3v) is 6.76. The molecule has 1 aromatic rings. The first-order chi connectivity index (χ1) is 16.4. The summed E-state index contributed by atoms with van der Waals surface area (Å²) in [6.45, 7) is 7.33.